The third-order valence-corrected chi connectivity index (χ3v) is 4.09. The fraction of sp³-hybridized carbons (Fsp3) is 0.611. The van der Waals surface area contributed by atoms with Gasteiger partial charge in [-0.2, -0.15) is 0 Å². The van der Waals surface area contributed by atoms with Crippen LogP contribution in [0.4, 0.5) is 0 Å². The van der Waals surface area contributed by atoms with E-state index in [1.807, 2.05) is 13.0 Å². The third-order valence-electron chi connectivity index (χ3n) is 4.09. The Morgan fingerprint density at radius 3 is 3.19 bits per heavy atom. The molecular formula is C18H28N6O3. The SMILES string of the molecule is CCNC(=NCc1nc(-c2ccco2)n[nH]1)NCCCOCC1CCCO1. The van der Waals surface area contributed by atoms with Crippen LogP contribution in [0.15, 0.2) is 27.8 Å². The molecule has 9 nitrogen and oxygen atoms in total. The fourth-order valence-corrected chi connectivity index (χ4v) is 2.75. The summed E-state index contributed by atoms with van der Waals surface area (Å²) in [5.74, 6) is 2.59. The molecule has 3 rings (SSSR count). The molecule has 1 fully saturated rings. The zero-order chi connectivity index (χ0) is 18.7. The third kappa shape index (κ3) is 6.37. The second-order valence-corrected chi connectivity index (χ2v) is 6.27. The van der Waals surface area contributed by atoms with Crippen LogP contribution >= 0.6 is 0 Å². The van der Waals surface area contributed by atoms with Gasteiger partial charge in [0.2, 0.25) is 5.82 Å². The number of aliphatic imine (C=N–C) groups is 1. The van der Waals surface area contributed by atoms with Crippen LogP contribution < -0.4 is 10.6 Å². The summed E-state index contributed by atoms with van der Waals surface area (Å²) in [6, 6.07) is 3.63. The highest BCUT2D eigenvalue weighted by Gasteiger charge is 2.14. The summed E-state index contributed by atoms with van der Waals surface area (Å²) in [4.78, 5) is 8.92. The Bertz CT molecular complexity index is 679. The number of ether oxygens (including phenoxy) is 2. The highest BCUT2D eigenvalue weighted by atomic mass is 16.5. The second kappa shape index (κ2) is 10.7. The lowest BCUT2D eigenvalue weighted by molar-refractivity contribution is 0.0168. The van der Waals surface area contributed by atoms with E-state index in [9.17, 15) is 0 Å². The van der Waals surface area contributed by atoms with Crippen molar-refractivity contribution in [2.24, 2.45) is 4.99 Å². The van der Waals surface area contributed by atoms with E-state index in [4.69, 9.17) is 13.9 Å². The number of rotatable bonds is 10. The minimum absolute atomic E-state index is 0.282. The fourth-order valence-electron chi connectivity index (χ4n) is 2.75. The largest absolute Gasteiger partial charge is 0.461 e. The van der Waals surface area contributed by atoms with Crippen molar-refractivity contribution in [3.8, 4) is 11.6 Å². The van der Waals surface area contributed by atoms with E-state index in [2.05, 4.69) is 30.8 Å². The van der Waals surface area contributed by atoms with Crippen molar-refractivity contribution in [3.63, 3.8) is 0 Å². The molecule has 1 saturated heterocycles. The molecule has 3 heterocycles. The van der Waals surface area contributed by atoms with Crippen LogP contribution in [0.3, 0.4) is 0 Å². The molecule has 1 unspecified atom stereocenters. The minimum atomic E-state index is 0.282. The Kier molecular flexibility index (Phi) is 7.67. The van der Waals surface area contributed by atoms with Gasteiger partial charge in [-0.05, 0) is 38.3 Å². The van der Waals surface area contributed by atoms with Crippen molar-refractivity contribution in [2.75, 3.05) is 32.9 Å². The van der Waals surface area contributed by atoms with Crippen LogP contribution in [0.1, 0.15) is 32.0 Å². The summed E-state index contributed by atoms with van der Waals surface area (Å²) < 4.78 is 16.5. The van der Waals surface area contributed by atoms with E-state index in [-0.39, 0.29) is 6.10 Å². The van der Waals surface area contributed by atoms with Crippen molar-refractivity contribution < 1.29 is 13.9 Å². The Labute approximate surface area is 158 Å². The van der Waals surface area contributed by atoms with Crippen LogP contribution in [-0.2, 0) is 16.0 Å². The average Bonchev–Trinajstić information content (AvgIpc) is 3.44. The first-order valence-electron chi connectivity index (χ1n) is 9.52. The molecule has 0 saturated carbocycles. The molecule has 0 amide bonds. The summed E-state index contributed by atoms with van der Waals surface area (Å²) >= 11 is 0. The number of nitrogens with zero attached hydrogens (tertiary/aromatic N) is 3. The van der Waals surface area contributed by atoms with E-state index in [0.717, 1.165) is 44.9 Å². The number of guanidine groups is 1. The van der Waals surface area contributed by atoms with Gasteiger partial charge in [-0.1, -0.05) is 0 Å². The highest BCUT2D eigenvalue weighted by molar-refractivity contribution is 5.79. The van der Waals surface area contributed by atoms with Crippen molar-refractivity contribution in [2.45, 2.75) is 38.8 Å². The number of H-pyrrole nitrogens is 1. The van der Waals surface area contributed by atoms with Gasteiger partial charge in [0.15, 0.2) is 11.7 Å². The van der Waals surface area contributed by atoms with E-state index in [0.29, 0.717) is 37.2 Å². The van der Waals surface area contributed by atoms with Gasteiger partial charge in [0.05, 0.1) is 19.0 Å². The van der Waals surface area contributed by atoms with Crippen LogP contribution in [0, 0.1) is 0 Å². The molecule has 0 aliphatic carbocycles. The first kappa shape index (κ1) is 19.4. The summed E-state index contributed by atoms with van der Waals surface area (Å²) in [6.45, 7) is 6.27. The van der Waals surface area contributed by atoms with Crippen LogP contribution in [-0.4, -0.2) is 60.2 Å². The number of aromatic amines is 1. The van der Waals surface area contributed by atoms with Gasteiger partial charge in [0.25, 0.3) is 0 Å². The van der Waals surface area contributed by atoms with Crippen molar-refractivity contribution in [1.29, 1.82) is 0 Å². The van der Waals surface area contributed by atoms with Crippen molar-refractivity contribution in [1.82, 2.24) is 25.8 Å². The molecule has 1 aliphatic heterocycles. The molecule has 1 aliphatic rings. The van der Waals surface area contributed by atoms with E-state index >= 15 is 0 Å². The maximum Gasteiger partial charge on any atom is 0.216 e. The van der Waals surface area contributed by atoms with Crippen molar-refractivity contribution in [3.05, 3.63) is 24.2 Å². The molecule has 0 bridgehead atoms. The monoisotopic (exact) mass is 376 g/mol. The number of furan rings is 1. The molecular weight excluding hydrogens is 348 g/mol. The maximum atomic E-state index is 5.67. The average molecular weight is 376 g/mol. The summed E-state index contributed by atoms with van der Waals surface area (Å²) in [5.41, 5.74) is 0. The molecule has 0 radical (unpaired) electrons. The van der Waals surface area contributed by atoms with Gasteiger partial charge in [-0.25, -0.2) is 9.98 Å². The van der Waals surface area contributed by atoms with Gasteiger partial charge < -0.3 is 24.5 Å². The first-order chi connectivity index (χ1) is 13.3. The zero-order valence-electron chi connectivity index (χ0n) is 15.7. The topological polar surface area (TPSA) is 110 Å². The molecule has 27 heavy (non-hydrogen) atoms. The van der Waals surface area contributed by atoms with Crippen LogP contribution in [0.25, 0.3) is 11.6 Å². The molecule has 148 valence electrons. The molecule has 1 atom stereocenters. The predicted octanol–water partition coefficient (Wildman–Crippen LogP) is 1.71. The predicted molar refractivity (Wildman–Crippen MR) is 101 cm³/mol. The quantitative estimate of drug-likeness (QED) is 0.329. The smallest absolute Gasteiger partial charge is 0.216 e. The normalized spacial score (nSPS) is 17.4. The molecule has 3 N–H and O–H groups in total. The summed E-state index contributed by atoms with van der Waals surface area (Å²) in [5, 5.41) is 13.6. The van der Waals surface area contributed by atoms with Gasteiger partial charge in [-0.3, -0.25) is 5.10 Å². The standard InChI is InChI=1S/C18H28N6O3/c1-2-19-18(20-8-5-9-25-13-14-6-3-10-26-14)21-12-16-22-17(24-23-16)15-7-4-11-27-15/h4,7,11,14H,2-3,5-6,8-10,12-13H2,1H3,(H2,19,20,21)(H,22,23,24). The zero-order valence-corrected chi connectivity index (χ0v) is 15.7. The molecule has 2 aromatic rings. The first-order valence-corrected chi connectivity index (χ1v) is 9.52. The lowest BCUT2D eigenvalue weighted by Crippen LogP contribution is -2.38. The van der Waals surface area contributed by atoms with Gasteiger partial charge in [-0.15, -0.1) is 5.10 Å². The van der Waals surface area contributed by atoms with Crippen LogP contribution in [0.5, 0.6) is 0 Å². The van der Waals surface area contributed by atoms with E-state index < -0.39 is 0 Å². The molecule has 0 aromatic carbocycles. The lowest BCUT2D eigenvalue weighted by Gasteiger charge is -2.12. The number of nitrogens with one attached hydrogen (secondary N) is 3. The molecule has 2 aromatic heterocycles. The summed E-state index contributed by atoms with van der Waals surface area (Å²) in [6.07, 6.45) is 5.04. The number of aromatic nitrogens is 3. The highest BCUT2D eigenvalue weighted by Crippen LogP contribution is 2.14. The molecule has 0 spiro atoms. The summed E-state index contributed by atoms with van der Waals surface area (Å²) in [7, 11) is 0. The van der Waals surface area contributed by atoms with Gasteiger partial charge in [0, 0.05) is 26.3 Å². The maximum absolute atomic E-state index is 5.67. The Morgan fingerprint density at radius 2 is 2.41 bits per heavy atom. The number of hydrogen-bond acceptors (Lipinski definition) is 6. The second-order valence-electron chi connectivity index (χ2n) is 6.27. The Hall–Kier alpha value is -2.39. The Morgan fingerprint density at radius 1 is 1.44 bits per heavy atom. The van der Waals surface area contributed by atoms with Crippen LogP contribution in [0.2, 0.25) is 0 Å². The van der Waals surface area contributed by atoms with Gasteiger partial charge >= 0.3 is 0 Å². The lowest BCUT2D eigenvalue weighted by atomic mass is 10.2. The van der Waals surface area contributed by atoms with E-state index in [1.54, 1.807) is 12.3 Å². The Balaban J connectivity index is 1.37. The van der Waals surface area contributed by atoms with E-state index in [1.165, 1.54) is 0 Å². The number of hydrogen-bond donors (Lipinski definition) is 3. The van der Waals surface area contributed by atoms with Gasteiger partial charge in [0.1, 0.15) is 12.4 Å². The van der Waals surface area contributed by atoms with Crippen molar-refractivity contribution >= 4 is 5.96 Å². The minimum Gasteiger partial charge on any atom is -0.461 e. The molecule has 9 heteroatoms.